The number of carbonyl (C=O) groups excluding carboxylic acids is 2. The first kappa shape index (κ1) is 26.4. The highest BCUT2D eigenvalue weighted by molar-refractivity contribution is 6.00. The van der Waals surface area contributed by atoms with E-state index in [4.69, 9.17) is 15.9 Å². The number of halogens is 1. The summed E-state index contributed by atoms with van der Waals surface area (Å²) < 4.78 is 4.87. The van der Waals surface area contributed by atoms with Crippen LogP contribution in [-0.4, -0.2) is 54.2 Å². The Bertz CT molecular complexity index is 1050. The maximum atomic E-state index is 13.4. The molecule has 2 heterocycles. The van der Waals surface area contributed by atoms with Gasteiger partial charge in [0.25, 0.3) is 5.91 Å². The molecule has 1 saturated carbocycles. The average Bonchev–Trinajstić information content (AvgIpc) is 2.89. The first-order valence-electron chi connectivity index (χ1n) is 11.9. The fourth-order valence-corrected chi connectivity index (χ4v) is 4.76. The summed E-state index contributed by atoms with van der Waals surface area (Å²) in [6, 6.07) is 8.99. The molecule has 1 aliphatic heterocycles. The number of anilines is 1. The molecule has 0 atom stereocenters. The van der Waals surface area contributed by atoms with Gasteiger partial charge in [0, 0.05) is 30.3 Å². The summed E-state index contributed by atoms with van der Waals surface area (Å²) >= 11 is 0. The Balaban J connectivity index is 0.00000342. The van der Waals surface area contributed by atoms with Crippen molar-refractivity contribution in [2.75, 3.05) is 25.1 Å². The van der Waals surface area contributed by atoms with Gasteiger partial charge in [0.15, 0.2) is 5.82 Å². The second kappa shape index (κ2) is 12.0. The second-order valence-corrected chi connectivity index (χ2v) is 9.05. The van der Waals surface area contributed by atoms with E-state index in [0.29, 0.717) is 35.5 Å². The van der Waals surface area contributed by atoms with Gasteiger partial charge in [0.1, 0.15) is 5.84 Å². The number of benzene rings is 1. The van der Waals surface area contributed by atoms with Crippen molar-refractivity contribution in [3.63, 3.8) is 0 Å². The van der Waals surface area contributed by atoms with Crippen LogP contribution in [0, 0.1) is 11.3 Å². The number of nitrogens with two attached hydrogens (primary N) is 1. The number of rotatable bonds is 6. The topological polar surface area (TPSA) is 134 Å². The summed E-state index contributed by atoms with van der Waals surface area (Å²) in [6.45, 7) is 1.71. The smallest absolute Gasteiger partial charge is 0.308 e. The van der Waals surface area contributed by atoms with Crippen LogP contribution in [0.5, 0.6) is 0 Å². The number of amides is 1. The van der Waals surface area contributed by atoms with E-state index < -0.39 is 0 Å². The van der Waals surface area contributed by atoms with Crippen LogP contribution in [0.15, 0.2) is 30.3 Å². The molecule has 1 saturated heterocycles. The van der Waals surface area contributed by atoms with Gasteiger partial charge in [-0.2, -0.15) is 0 Å². The molecule has 188 valence electrons. The minimum atomic E-state index is -0.170. The van der Waals surface area contributed by atoms with Crippen LogP contribution in [0.25, 0.3) is 11.3 Å². The van der Waals surface area contributed by atoms with E-state index in [0.717, 1.165) is 44.3 Å². The Hall–Kier alpha value is -3.20. The zero-order valence-electron chi connectivity index (χ0n) is 20.0. The summed E-state index contributed by atoms with van der Waals surface area (Å²) in [4.78, 5) is 27.4. The third-order valence-electron chi connectivity index (χ3n) is 6.76. The average molecular weight is 501 g/mol. The third-order valence-corrected chi connectivity index (χ3v) is 6.76. The molecule has 1 aromatic heterocycles. The molecular formula is C25H33ClN6O3. The van der Waals surface area contributed by atoms with Gasteiger partial charge < -0.3 is 20.7 Å². The molecule has 2 fully saturated rings. The quantitative estimate of drug-likeness (QED) is 0.314. The summed E-state index contributed by atoms with van der Waals surface area (Å²) in [6.07, 6.45) is 6.20. The number of hydrogen-bond acceptors (Lipinski definition) is 7. The number of hydrogen-bond donors (Lipinski definition) is 3. The van der Waals surface area contributed by atoms with Crippen LogP contribution < -0.4 is 16.0 Å². The first-order chi connectivity index (χ1) is 16.5. The molecule has 0 radical (unpaired) electrons. The number of nitrogens with one attached hydrogen (secondary N) is 2. The summed E-state index contributed by atoms with van der Waals surface area (Å²) in [5.41, 5.74) is 8.09. The van der Waals surface area contributed by atoms with E-state index in [1.54, 1.807) is 18.2 Å². The first-order valence-corrected chi connectivity index (χ1v) is 11.9. The monoisotopic (exact) mass is 500 g/mol. The molecule has 1 aliphatic carbocycles. The van der Waals surface area contributed by atoms with E-state index in [1.807, 2.05) is 12.1 Å². The fourth-order valence-electron chi connectivity index (χ4n) is 4.76. The minimum absolute atomic E-state index is 0. The zero-order chi connectivity index (χ0) is 24.1. The van der Waals surface area contributed by atoms with Crippen molar-refractivity contribution in [2.24, 2.45) is 11.7 Å². The molecular weight excluding hydrogens is 468 g/mol. The number of ether oxygens (including phenoxy) is 1. The van der Waals surface area contributed by atoms with Gasteiger partial charge in [0.05, 0.1) is 24.3 Å². The SMILES string of the molecule is COC(=O)[C@H]1CC[C@H](NC(=O)c2cc(-c3ccc(C(=N)N)cc3)nnc2N2CCCCC2)CC1.Cl. The highest BCUT2D eigenvalue weighted by atomic mass is 35.5. The molecule has 9 nitrogen and oxygen atoms in total. The van der Waals surface area contributed by atoms with E-state index in [1.165, 1.54) is 13.5 Å². The van der Waals surface area contributed by atoms with E-state index in [-0.39, 0.29) is 42.1 Å². The standard InChI is InChI=1S/C25H32N6O3.ClH/c1-34-25(33)18-9-11-19(12-10-18)28-24(32)20-15-21(16-5-7-17(8-6-16)22(26)27)29-30-23(20)31-13-3-2-4-14-31;/h5-8,15,18-19H,2-4,9-14H2,1H3,(H3,26,27)(H,28,32);1H/t18-,19-;. The molecule has 0 spiro atoms. The van der Waals surface area contributed by atoms with Crippen LogP contribution >= 0.6 is 12.4 Å². The Morgan fingerprint density at radius 2 is 1.71 bits per heavy atom. The number of nitrogens with zero attached hydrogens (tertiary/aromatic N) is 3. The van der Waals surface area contributed by atoms with Crippen molar-refractivity contribution in [2.45, 2.75) is 51.0 Å². The van der Waals surface area contributed by atoms with Gasteiger partial charge in [-0.1, -0.05) is 24.3 Å². The Morgan fingerprint density at radius 3 is 2.31 bits per heavy atom. The zero-order valence-corrected chi connectivity index (χ0v) is 20.8. The maximum Gasteiger partial charge on any atom is 0.308 e. The summed E-state index contributed by atoms with van der Waals surface area (Å²) in [7, 11) is 1.42. The molecule has 10 heteroatoms. The van der Waals surface area contributed by atoms with Crippen molar-refractivity contribution in [1.82, 2.24) is 15.5 Å². The molecule has 4 N–H and O–H groups in total. The lowest BCUT2D eigenvalue weighted by Gasteiger charge is -2.30. The number of amidine groups is 1. The van der Waals surface area contributed by atoms with E-state index in [9.17, 15) is 9.59 Å². The van der Waals surface area contributed by atoms with Gasteiger partial charge >= 0.3 is 5.97 Å². The highest BCUT2D eigenvalue weighted by Gasteiger charge is 2.29. The van der Waals surface area contributed by atoms with Crippen molar-refractivity contribution < 1.29 is 14.3 Å². The lowest BCUT2D eigenvalue weighted by Crippen LogP contribution is -2.40. The van der Waals surface area contributed by atoms with Crippen molar-refractivity contribution in [1.29, 1.82) is 5.41 Å². The Morgan fingerprint density at radius 1 is 1.06 bits per heavy atom. The van der Waals surface area contributed by atoms with Crippen LogP contribution in [0.3, 0.4) is 0 Å². The van der Waals surface area contributed by atoms with E-state index >= 15 is 0 Å². The summed E-state index contributed by atoms with van der Waals surface area (Å²) in [5.74, 6) is 0.188. The lowest BCUT2D eigenvalue weighted by atomic mass is 9.86. The molecule has 35 heavy (non-hydrogen) atoms. The van der Waals surface area contributed by atoms with Gasteiger partial charge in [-0.3, -0.25) is 15.0 Å². The van der Waals surface area contributed by atoms with Gasteiger partial charge in [0.2, 0.25) is 0 Å². The molecule has 1 aromatic carbocycles. The predicted octanol–water partition coefficient (Wildman–Crippen LogP) is 3.30. The van der Waals surface area contributed by atoms with Crippen LogP contribution in [0.4, 0.5) is 5.82 Å². The minimum Gasteiger partial charge on any atom is -0.469 e. The fraction of sp³-hybridized carbons (Fsp3) is 0.480. The molecule has 4 rings (SSSR count). The largest absolute Gasteiger partial charge is 0.469 e. The number of methoxy groups -OCH3 is 1. The predicted molar refractivity (Wildman–Crippen MR) is 137 cm³/mol. The lowest BCUT2D eigenvalue weighted by molar-refractivity contribution is -0.146. The summed E-state index contributed by atoms with van der Waals surface area (Å²) in [5, 5.41) is 19.6. The number of nitrogen functional groups attached to an aromatic ring is 1. The van der Waals surface area contributed by atoms with Gasteiger partial charge in [-0.15, -0.1) is 22.6 Å². The maximum absolute atomic E-state index is 13.4. The van der Waals surface area contributed by atoms with Crippen LogP contribution in [0.1, 0.15) is 60.9 Å². The molecule has 0 bridgehead atoms. The van der Waals surface area contributed by atoms with Gasteiger partial charge in [-0.05, 0) is 51.0 Å². The molecule has 2 aromatic rings. The number of carbonyl (C=O) groups is 2. The Labute approximate surface area is 211 Å². The molecule has 0 unspecified atom stereocenters. The van der Waals surface area contributed by atoms with Gasteiger partial charge in [-0.25, -0.2) is 0 Å². The Kier molecular flexibility index (Phi) is 9.03. The number of piperidine rings is 1. The number of esters is 1. The van der Waals surface area contributed by atoms with Crippen molar-refractivity contribution in [3.8, 4) is 11.3 Å². The van der Waals surface area contributed by atoms with E-state index in [2.05, 4.69) is 20.4 Å². The van der Waals surface area contributed by atoms with Crippen LogP contribution in [0.2, 0.25) is 0 Å². The molecule has 1 amide bonds. The van der Waals surface area contributed by atoms with Crippen molar-refractivity contribution >= 4 is 35.9 Å². The normalized spacial score (nSPS) is 19.9. The van der Waals surface area contributed by atoms with Crippen molar-refractivity contribution in [3.05, 3.63) is 41.5 Å². The third kappa shape index (κ3) is 6.28. The molecule has 2 aliphatic rings. The second-order valence-electron chi connectivity index (χ2n) is 9.05. The highest BCUT2D eigenvalue weighted by Crippen LogP contribution is 2.28. The van der Waals surface area contributed by atoms with Crippen LogP contribution in [-0.2, 0) is 9.53 Å². The number of aromatic nitrogens is 2.